The minimum absolute atomic E-state index is 0.269. The number of sulfonamides is 1. The van der Waals surface area contributed by atoms with Gasteiger partial charge in [-0.15, -0.1) is 0 Å². The number of halogens is 1. The van der Waals surface area contributed by atoms with E-state index in [0.717, 1.165) is 16.1 Å². The molecule has 0 saturated carbocycles. The van der Waals surface area contributed by atoms with Crippen LogP contribution in [-0.2, 0) is 21.2 Å². The number of carbonyl (C=O) groups excluding carboxylic acids is 1. The van der Waals surface area contributed by atoms with Gasteiger partial charge in [-0.1, -0.05) is 12.1 Å². The molecule has 8 heteroatoms. The van der Waals surface area contributed by atoms with Crippen molar-refractivity contribution in [1.82, 2.24) is 5.32 Å². The first-order valence-corrected chi connectivity index (χ1v) is 10.2. The molecule has 27 heavy (non-hydrogen) atoms. The lowest BCUT2D eigenvalue weighted by atomic mass is 10.1. The molecule has 2 rings (SSSR count). The van der Waals surface area contributed by atoms with Gasteiger partial charge in [0.1, 0.15) is 11.6 Å². The lowest BCUT2D eigenvalue weighted by molar-refractivity contribution is -0.127. The highest BCUT2D eigenvalue weighted by Gasteiger charge is 2.15. The molecule has 2 aromatic rings. The Morgan fingerprint density at radius 2 is 1.74 bits per heavy atom. The van der Waals surface area contributed by atoms with Gasteiger partial charge < -0.3 is 10.1 Å². The zero-order valence-corrected chi connectivity index (χ0v) is 16.3. The van der Waals surface area contributed by atoms with Crippen LogP contribution in [0.3, 0.4) is 0 Å². The molecule has 0 fully saturated rings. The Bertz CT molecular complexity index is 868. The van der Waals surface area contributed by atoms with Crippen molar-refractivity contribution in [2.45, 2.75) is 19.4 Å². The molecule has 0 aromatic heterocycles. The topological polar surface area (TPSA) is 75.7 Å². The zero-order chi connectivity index (χ0) is 20.0. The summed E-state index contributed by atoms with van der Waals surface area (Å²) in [5.41, 5.74) is 1.43. The van der Waals surface area contributed by atoms with Crippen molar-refractivity contribution in [3.63, 3.8) is 0 Å². The molecule has 0 aliphatic heterocycles. The maximum absolute atomic E-state index is 12.9. The number of hydrogen-bond acceptors (Lipinski definition) is 4. The first-order chi connectivity index (χ1) is 12.7. The van der Waals surface area contributed by atoms with Gasteiger partial charge in [0, 0.05) is 13.6 Å². The van der Waals surface area contributed by atoms with E-state index in [1.165, 1.54) is 19.2 Å². The zero-order valence-electron chi connectivity index (χ0n) is 15.5. The quantitative estimate of drug-likeness (QED) is 0.746. The number of nitrogens with one attached hydrogen (secondary N) is 1. The van der Waals surface area contributed by atoms with Gasteiger partial charge in [-0.05, 0) is 55.3 Å². The van der Waals surface area contributed by atoms with Crippen LogP contribution in [0.2, 0.25) is 0 Å². The van der Waals surface area contributed by atoms with E-state index in [0.29, 0.717) is 24.4 Å². The fraction of sp³-hybridized carbons (Fsp3) is 0.316. The van der Waals surface area contributed by atoms with Gasteiger partial charge in [-0.2, -0.15) is 0 Å². The van der Waals surface area contributed by atoms with Gasteiger partial charge in [-0.3, -0.25) is 9.10 Å². The first kappa shape index (κ1) is 20.7. The average molecular weight is 394 g/mol. The molecule has 0 spiro atoms. The molecule has 0 saturated heterocycles. The van der Waals surface area contributed by atoms with Gasteiger partial charge in [0.25, 0.3) is 5.91 Å². The van der Waals surface area contributed by atoms with Crippen molar-refractivity contribution in [1.29, 1.82) is 0 Å². The Hall–Kier alpha value is -2.61. The van der Waals surface area contributed by atoms with E-state index in [-0.39, 0.29) is 11.7 Å². The predicted molar refractivity (Wildman–Crippen MR) is 103 cm³/mol. The molecule has 0 unspecified atom stereocenters. The highest BCUT2D eigenvalue weighted by atomic mass is 32.2. The highest BCUT2D eigenvalue weighted by Crippen LogP contribution is 2.21. The SMILES string of the molecule is C[C@@H](Oc1ccc(N(C)S(C)(=O)=O)cc1)C(=O)NCCc1ccc(F)cc1. The molecule has 1 atom stereocenters. The summed E-state index contributed by atoms with van der Waals surface area (Å²) in [5, 5.41) is 2.77. The fourth-order valence-corrected chi connectivity index (χ4v) is 2.81. The van der Waals surface area contributed by atoms with Crippen molar-refractivity contribution in [2.75, 3.05) is 24.2 Å². The summed E-state index contributed by atoms with van der Waals surface area (Å²) in [5.74, 6) is -0.102. The van der Waals surface area contributed by atoms with E-state index in [1.807, 2.05) is 0 Å². The van der Waals surface area contributed by atoms with E-state index < -0.39 is 16.1 Å². The second-order valence-electron chi connectivity index (χ2n) is 6.15. The second kappa shape index (κ2) is 8.85. The summed E-state index contributed by atoms with van der Waals surface area (Å²) in [4.78, 5) is 12.1. The number of rotatable bonds is 8. The Morgan fingerprint density at radius 3 is 2.30 bits per heavy atom. The molecule has 146 valence electrons. The largest absolute Gasteiger partial charge is 0.481 e. The number of hydrogen-bond donors (Lipinski definition) is 1. The smallest absolute Gasteiger partial charge is 0.260 e. The normalized spacial score (nSPS) is 12.3. The minimum atomic E-state index is -3.33. The lowest BCUT2D eigenvalue weighted by Gasteiger charge is -2.18. The van der Waals surface area contributed by atoms with Crippen molar-refractivity contribution < 1.29 is 22.3 Å². The van der Waals surface area contributed by atoms with Crippen LogP contribution in [0.1, 0.15) is 12.5 Å². The van der Waals surface area contributed by atoms with E-state index in [9.17, 15) is 17.6 Å². The van der Waals surface area contributed by atoms with Crippen LogP contribution in [0.4, 0.5) is 10.1 Å². The number of anilines is 1. The van der Waals surface area contributed by atoms with Crippen LogP contribution in [0, 0.1) is 5.82 Å². The molecule has 6 nitrogen and oxygen atoms in total. The molecule has 0 radical (unpaired) electrons. The van der Waals surface area contributed by atoms with E-state index in [4.69, 9.17) is 4.74 Å². The Labute approximate surface area is 159 Å². The molecule has 2 aromatic carbocycles. The molecule has 0 aliphatic rings. The third-order valence-corrected chi connectivity index (χ3v) is 5.21. The lowest BCUT2D eigenvalue weighted by Crippen LogP contribution is -2.37. The highest BCUT2D eigenvalue weighted by molar-refractivity contribution is 7.92. The van der Waals surface area contributed by atoms with Gasteiger partial charge >= 0.3 is 0 Å². The molecule has 0 aliphatic carbocycles. The third-order valence-electron chi connectivity index (χ3n) is 4.01. The number of amides is 1. The van der Waals surface area contributed by atoms with Gasteiger partial charge in [0.15, 0.2) is 6.10 Å². The fourth-order valence-electron chi connectivity index (χ4n) is 2.31. The molecule has 0 heterocycles. The summed E-state index contributed by atoms with van der Waals surface area (Å²) < 4.78 is 42.7. The molecule has 1 amide bonds. The van der Waals surface area contributed by atoms with Crippen LogP contribution in [0.25, 0.3) is 0 Å². The number of benzene rings is 2. The summed E-state index contributed by atoms with van der Waals surface area (Å²) in [6, 6.07) is 12.6. The van der Waals surface area contributed by atoms with Gasteiger partial charge in [0.2, 0.25) is 10.0 Å². The third kappa shape index (κ3) is 6.25. The Morgan fingerprint density at radius 1 is 1.15 bits per heavy atom. The van der Waals surface area contributed by atoms with Crippen molar-refractivity contribution in [2.24, 2.45) is 0 Å². The summed E-state index contributed by atoms with van der Waals surface area (Å²) in [6.45, 7) is 2.04. The van der Waals surface area contributed by atoms with Crippen LogP contribution < -0.4 is 14.4 Å². The number of ether oxygens (including phenoxy) is 1. The van der Waals surface area contributed by atoms with Crippen molar-refractivity contribution >= 4 is 21.6 Å². The number of carbonyl (C=O) groups is 1. The Kier molecular flexibility index (Phi) is 6.79. The molecule has 0 bridgehead atoms. The van der Waals surface area contributed by atoms with E-state index in [1.54, 1.807) is 43.3 Å². The molecular formula is C19H23FN2O4S. The summed E-state index contributed by atoms with van der Waals surface area (Å²) >= 11 is 0. The predicted octanol–water partition coefficient (Wildman–Crippen LogP) is 2.35. The molecule has 1 N–H and O–H groups in total. The van der Waals surface area contributed by atoms with Crippen LogP contribution in [0.5, 0.6) is 5.75 Å². The molecular weight excluding hydrogens is 371 g/mol. The second-order valence-corrected chi connectivity index (χ2v) is 8.17. The van der Waals surface area contributed by atoms with Crippen LogP contribution in [-0.4, -0.2) is 40.3 Å². The number of nitrogens with zero attached hydrogens (tertiary/aromatic N) is 1. The van der Waals surface area contributed by atoms with E-state index >= 15 is 0 Å². The summed E-state index contributed by atoms with van der Waals surface area (Å²) in [7, 11) is -1.87. The van der Waals surface area contributed by atoms with Gasteiger partial charge in [-0.25, -0.2) is 12.8 Å². The minimum Gasteiger partial charge on any atom is -0.481 e. The first-order valence-electron chi connectivity index (χ1n) is 8.39. The van der Waals surface area contributed by atoms with Crippen LogP contribution in [0.15, 0.2) is 48.5 Å². The van der Waals surface area contributed by atoms with Crippen LogP contribution >= 0.6 is 0 Å². The Balaban J connectivity index is 1.84. The van der Waals surface area contributed by atoms with Crippen molar-refractivity contribution in [3.8, 4) is 5.75 Å². The standard InChI is InChI=1S/C19H23FN2O4S/c1-14(19(23)21-13-12-15-4-6-16(20)7-5-15)26-18-10-8-17(9-11-18)22(2)27(3,24)25/h4-11,14H,12-13H2,1-3H3,(H,21,23)/t14-/m1/s1. The maximum Gasteiger partial charge on any atom is 0.260 e. The average Bonchev–Trinajstić information content (AvgIpc) is 2.62. The summed E-state index contributed by atoms with van der Waals surface area (Å²) in [6.07, 6.45) is 0.998. The van der Waals surface area contributed by atoms with E-state index in [2.05, 4.69) is 5.32 Å². The van der Waals surface area contributed by atoms with Gasteiger partial charge in [0.05, 0.1) is 11.9 Å². The maximum atomic E-state index is 12.9. The van der Waals surface area contributed by atoms with Crippen molar-refractivity contribution in [3.05, 3.63) is 59.9 Å². The monoisotopic (exact) mass is 394 g/mol.